The van der Waals surface area contributed by atoms with Gasteiger partial charge in [-0.25, -0.2) is 8.42 Å². The van der Waals surface area contributed by atoms with Gasteiger partial charge in [-0.15, -0.1) is 10.2 Å². The lowest BCUT2D eigenvalue weighted by molar-refractivity contribution is 0.436. The summed E-state index contributed by atoms with van der Waals surface area (Å²) in [5.74, 6) is 1.65. The number of nitrogens with one attached hydrogen (secondary N) is 1. The van der Waals surface area contributed by atoms with Crippen molar-refractivity contribution in [1.29, 1.82) is 0 Å². The van der Waals surface area contributed by atoms with E-state index in [1.165, 1.54) is 12.8 Å². The van der Waals surface area contributed by atoms with E-state index in [0.717, 1.165) is 41.5 Å². The van der Waals surface area contributed by atoms with Crippen molar-refractivity contribution in [2.45, 2.75) is 38.5 Å². The highest BCUT2D eigenvalue weighted by Gasteiger charge is 2.18. The normalized spacial score (nSPS) is 15.1. The van der Waals surface area contributed by atoms with E-state index in [2.05, 4.69) is 26.7 Å². The van der Waals surface area contributed by atoms with Crippen molar-refractivity contribution in [1.82, 2.24) is 10.2 Å². The molecule has 1 aromatic heterocycles. The van der Waals surface area contributed by atoms with Crippen LogP contribution in [-0.4, -0.2) is 31.7 Å². The minimum absolute atomic E-state index is 0.251. The number of aromatic nitrogens is 2. The topological polar surface area (TPSA) is 75.2 Å². The summed E-state index contributed by atoms with van der Waals surface area (Å²) < 4.78 is 28.3. The molecular formula is C24H28N4O2S. The van der Waals surface area contributed by atoms with Gasteiger partial charge in [-0.05, 0) is 80.1 Å². The van der Waals surface area contributed by atoms with Gasteiger partial charge in [-0.2, -0.15) is 0 Å². The highest BCUT2D eigenvalue weighted by Crippen LogP contribution is 2.26. The van der Waals surface area contributed by atoms with Crippen LogP contribution in [0.15, 0.2) is 59.5 Å². The molecule has 0 saturated carbocycles. The summed E-state index contributed by atoms with van der Waals surface area (Å²) in [6, 6.07) is 16.3. The Morgan fingerprint density at radius 1 is 0.935 bits per heavy atom. The quantitative estimate of drug-likeness (QED) is 0.622. The maximum Gasteiger partial charge on any atom is 0.261 e. The number of rotatable bonds is 5. The molecule has 0 spiro atoms. The zero-order chi connectivity index (χ0) is 22.0. The van der Waals surface area contributed by atoms with Gasteiger partial charge in [0.25, 0.3) is 10.0 Å². The van der Waals surface area contributed by atoms with E-state index < -0.39 is 10.0 Å². The number of piperidine rings is 1. The summed E-state index contributed by atoms with van der Waals surface area (Å²) >= 11 is 0. The molecule has 1 fully saturated rings. The zero-order valence-corrected chi connectivity index (χ0v) is 19.0. The molecule has 6 nitrogen and oxygen atoms in total. The fraction of sp³-hybridized carbons (Fsp3) is 0.333. The van der Waals surface area contributed by atoms with Gasteiger partial charge >= 0.3 is 0 Å². The molecule has 7 heteroatoms. The van der Waals surface area contributed by atoms with Crippen LogP contribution in [0.25, 0.3) is 11.3 Å². The van der Waals surface area contributed by atoms with Crippen molar-refractivity contribution >= 4 is 21.5 Å². The fourth-order valence-electron chi connectivity index (χ4n) is 3.72. The van der Waals surface area contributed by atoms with Crippen LogP contribution in [0, 0.1) is 19.8 Å². The minimum Gasteiger partial charge on any atom is -0.355 e. The van der Waals surface area contributed by atoms with Gasteiger partial charge in [0.05, 0.1) is 10.6 Å². The number of nitrogens with zero attached hydrogens (tertiary/aromatic N) is 3. The summed E-state index contributed by atoms with van der Waals surface area (Å²) in [5.41, 5.74) is 4.01. The third-order valence-electron chi connectivity index (χ3n) is 5.96. The van der Waals surface area contributed by atoms with Gasteiger partial charge in [0.15, 0.2) is 5.82 Å². The number of aryl methyl sites for hydroxylation is 2. The Bertz CT molecular complexity index is 1170. The molecule has 0 bridgehead atoms. The third-order valence-corrected chi connectivity index (χ3v) is 7.34. The van der Waals surface area contributed by atoms with Gasteiger partial charge < -0.3 is 4.90 Å². The lowest BCUT2D eigenvalue weighted by atomic mass is 9.99. The fourth-order valence-corrected chi connectivity index (χ4v) is 4.86. The molecule has 1 aliphatic rings. The van der Waals surface area contributed by atoms with Gasteiger partial charge in [0, 0.05) is 24.3 Å². The number of sulfonamides is 1. The van der Waals surface area contributed by atoms with Crippen molar-refractivity contribution in [2.24, 2.45) is 5.92 Å². The first-order valence-electron chi connectivity index (χ1n) is 10.6. The van der Waals surface area contributed by atoms with E-state index in [0.29, 0.717) is 11.4 Å². The molecule has 1 saturated heterocycles. The zero-order valence-electron chi connectivity index (χ0n) is 18.2. The molecule has 3 aromatic rings. The molecule has 0 radical (unpaired) electrons. The molecule has 2 aromatic carbocycles. The predicted molar refractivity (Wildman–Crippen MR) is 125 cm³/mol. The molecule has 31 heavy (non-hydrogen) atoms. The summed E-state index contributed by atoms with van der Waals surface area (Å²) in [6.45, 7) is 8.16. The molecule has 0 amide bonds. The van der Waals surface area contributed by atoms with Crippen molar-refractivity contribution in [3.05, 3.63) is 65.7 Å². The summed E-state index contributed by atoms with van der Waals surface area (Å²) in [7, 11) is -3.67. The summed E-state index contributed by atoms with van der Waals surface area (Å²) in [4.78, 5) is 2.52. The smallest absolute Gasteiger partial charge is 0.261 e. The molecule has 1 N–H and O–H groups in total. The van der Waals surface area contributed by atoms with Crippen LogP contribution in [0.5, 0.6) is 0 Å². The molecule has 1 aliphatic heterocycles. The molecule has 2 heterocycles. The second kappa shape index (κ2) is 8.67. The largest absolute Gasteiger partial charge is 0.355 e. The van der Waals surface area contributed by atoms with E-state index in [9.17, 15) is 8.42 Å². The Labute approximate surface area is 184 Å². The molecule has 162 valence electrons. The Balaban J connectivity index is 1.52. The summed E-state index contributed by atoms with van der Waals surface area (Å²) in [5, 5.41) is 8.80. The van der Waals surface area contributed by atoms with Crippen molar-refractivity contribution in [3.8, 4) is 11.3 Å². The van der Waals surface area contributed by atoms with Gasteiger partial charge in [-0.1, -0.05) is 25.1 Å². The molecule has 0 unspecified atom stereocenters. The van der Waals surface area contributed by atoms with E-state index >= 15 is 0 Å². The average Bonchev–Trinajstić information content (AvgIpc) is 2.76. The monoisotopic (exact) mass is 436 g/mol. The Morgan fingerprint density at radius 2 is 1.71 bits per heavy atom. The molecule has 4 rings (SSSR count). The van der Waals surface area contributed by atoms with Gasteiger partial charge in [-0.3, -0.25) is 4.72 Å². The number of benzene rings is 2. The standard InChI is InChI=1S/C24H28N4O2S/c1-17-11-13-28(14-12-17)24-10-9-23(25-26-24)20-5-4-6-21(16-20)27-31(29,30)22-8-7-18(2)19(3)15-22/h4-10,15-17,27H,11-14H2,1-3H3. The third kappa shape index (κ3) is 4.88. The van der Waals surface area contributed by atoms with Crippen LogP contribution < -0.4 is 9.62 Å². The molecule has 0 aliphatic carbocycles. The minimum atomic E-state index is -3.67. The van der Waals surface area contributed by atoms with Gasteiger partial charge in [0.2, 0.25) is 0 Å². The van der Waals surface area contributed by atoms with Crippen molar-refractivity contribution in [3.63, 3.8) is 0 Å². The SMILES string of the molecule is Cc1ccc(S(=O)(=O)Nc2cccc(-c3ccc(N4CCC(C)CC4)nn3)c2)cc1C. The lowest BCUT2D eigenvalue weighted by Gasteiger charge is -2.30. The first kappa shape index (κ1) is 21.3. The van der Waals surface area contributed by atoms with E-state index in [1.807, 2.05) is 44.2 Å². The second-order valence-corrected chi connectivity index (χ2v) is 10.1. The summed E-state index contributed by atoms with van der Waals surface area (Å²) in [6.07, 6.45) is 2.35. The van der Waals surface area contributed by atoms with Gasteiger partial charge in [0.1, 0.15) is 0 Å². The highest BCUT2D eigenvalue weighted by atomic mass is 32.2. The van der Waals surface area contributed by atoms with E-state index in [4.69, 9.17) is 0 Å². The maximum atomic E-state index is 12.8. The van der Waals surface area contributed by atoms with E-state index in [1.54, 1.807) is 24.3 Å². The Kier molecular flexibility index (Phi) is 5.96. The van der Waals surface area contributed by atoms with Crippen LogP contribution >= 0.6 is 0 Å². The van der Waals surface area contributed by atoms with Crippen LogP contribution in [0.1, 0.15) is 30.9 Å². The predicted octanol–water partition coefficient (Wildman–Crippen LogP) is 4.80. The van der Waals surface area contributed by atoms with E-state index in [-0.39, 0.29) is 4.90 Å². The average molecular weight is 437 g/mol. The Hall–Kier alpha value is -2.93. The number of hydrogen-bond donors (Lipinski definition) is 1. The molecule has 0 atom stereocenters. The second-order valence-electron chi connectivity index (χ2n) is 8.38. The Morgan fingerprint density at radius 3 is 2.39 bits per heavy atom. The first-order valence-corrected chi connectivity index (χ1v) is 12.1. The molecular weight excluding hydrogens is 408 g/mol. The van der Waals surface area contributed by atoms with Crippen molar-refractivity contribution < 1.29 is 8.42 Å². The first-order chi connectivity index (χ1) is 14.8. The van der Waals surface area contributed by atoms with Crippen LogP contribution in [-0.2, 0) is 10.0 Å². The number of hydrogen-bond acceptors (Lipinski definition) is 5. The van der Waals surface area contributed by atoms with Crippen LogP contribution in [0.2, 0.25) is 0 Å². The van der Waals surface area contributed by atoms with Crippen molar-refractivity contribution in [2.75, 3.05) is 22.7 Å². The van der Waals surface area contributed by atoms with Crippen LogP contribution in [0.4, 0.5) is 11.5 Å². The highest BCUT2D eigenvalue weighted by molar-refractivity contribution is 7.92. The van der Waals surface area contributed by atoms with Crippen LogP contribution in [0.3, 0.4) is 0 Å². The lowest BCUT2D eigenvalue weighted by Crippen LogP contribution is -2.33. The maximum absolute atomic E-state index is 12.8. The number of anilines is 2.